The number of hydrogen-bond acceptors (Lipinski definition) is 6. The summed E-state index contributed by atoms with van der Waals surface area (Å²) in [5, 5.41) is 0.365. The lowest BCUT2D eigenvalue weighted by Gasteiger charge is -2.26. The van der Waals surface area contributed by atoms with Crippen LogP contribution in [0.5, 0.6) is 17.2 Å². The number of rotatable bonds is 9. The van der Waals surface area contributed by atoms with Crippen LogP contribution in [0.25, 0.3) is 0 Å². The summed E-state index contributed by atoms with van der Waals surface area (Å²) in [6.45, 7) is 0.702. The van der Waals surface area contributed by atoms with Gasteiger partial charge in [-0.25, -0.2) is 4.39 Å². The van der Waals surface area contributed by atoms with Crippen molar-refractivity contribution in [3.8, 4) is 17.2 Å². The van der Waals surface area contributed by atoms with Gasteiger partial charge in [0.05, 0.1) is 20.8 Å². The number of amides is 2. The average molecular weight is 447 g/mol. The zero-order valence-corrected chi connectivity index (χ0v) is 18.1. The number of thioether (sulfide) groups is 1. The van der Waals surface area contributed by atoms with Crippen molar-refractivity contribution in [3.63, 3.8) is 0 Å². The topological polar surface area (TPSA) is 77.4 Å². The number of carbonyl (C=O) groups excluding carboxylic acids is 2. The molecule has 164 valence electrons. The largest absolute Gasteiger partial charge is 0.493 e. The Kier molecular flexibility index (Phi) is 7.88. The lowest BCUT2D eigenvalue weighted by atomic mass is 10.1. The quantitative estimate of drug-likeness (QED) is 0.435. The predicted molar refractivity (Wildman–Crippen MR) is 116 cm³/mol. The molecular weight excluding hydrogens is 423 g/mol. The molecule has 9 heteroatoms. The van der Waals surface area contributed by atoms with Gasteiger partial charge in [-0.1, -0.05) is 17.8 Å². The molecule has 0 fully saturated rings. The molecule has 0 N–H and O–H groups in total. The Balaban J connectivity index is 1.58. The molecule has 0 saturated heterocycles. The maximum Gasteiger partial charge on any atom is 0.257 e. The molecule has 0 bridgehead atoms. The van der Waals surface area contributed by atoms with Crippen LogP contribution in [0.15, 0.2) is 47.5 Å². The van der Waals surface area contributed by atoms with E-state index in [4.69, 9.17) is 14.2 Å². The van der Waals surface area contributed by atoms with Crippen molar-refractivity contribution < 1.29 is 28.2 Å². The maximum absolute atomic E-state index is 13.0. The maximum atomic E-state index is 13.0. The van der Waals surface area contributed by atoms with Gasteiger partial charge in [0.2, 0.25) is 5.91 Å². The van der Waals surface area contributed by atoms with E-state index in [0.29, 0.717) is 47.7 Å². The SMILES string of the molecule is COc1ccc(CCN2C(=O)CC(=O)N=C2SCCOc2ccc(F)cc2)cc1OC. The Hall–Kier alpha value is -3.07. The van der Waals surface area contributed by atoms with Gasteiger partial charge in [-0.3, -0.25) is 14.5 Å². The molecule has 2 aromatic carbocycles. The second-order valence-corrected chi connectivity index (χ2v) is 7.66. The highest BCUT2D eigenvalue weighted by Gasteiger charge is 2.27. The van der Waals surface area contributed by atoms with Crippen LogP contribution in [-0.2, 0) is 16.0 Å². The first-order valence-electron chi connectivity index (χ1n) is 9.64. The van der Waals surface area contributed by atoms with E-state index in [-0.39, 0.29) is 18.1 Å². The lowest BCUT2D eigenvalue weighted by Crippen LogP contribution is -2.41. The third-order valence-electron chi connectivity index (χ3n) is 4.52. The molecule has 1 heterocycles. The van der Waals surface area contributed by atoms with E-state index in [1.165, 1.54) is 28.8 Å². The molecule has 0 aliphatic carbocycles. The monoisotopic (exact) mass is 446 g/mol. The Bertz CT molecular complexity index is 965. The first-order chi connectivity index (χ1) is 15.0. The number of ether oxygens (including phenoxy) is 3. The van der Waals surface area contributed by atoms with Gasteiger partial charge in [0.25, 0.3) is 5.91 Å². The van der Waals surface area contributed by atoms with E-state index in [0.717, 1.165) is 5.56 Å². The highest BCUT2D eigenvalue weighted by Crippen LogP contribution is 2.28. The highest BCUT2D eigenvalue weighted by atomic mass is 32.2. The summed E-state index contributed by atoms with van der Waals surface area (Å²) in [6, 6.07) is 11.3. The molecule has 1 aliphatic heterocycles. The predicted octanol–water partition coefficient (Wildman–Crippen LogP) is 3.31. The van der Waals surface area contributed by atoms with Gasteiger partial charge >= 0.3 is 0 Å². The first-order valence-corrected chi connectivity index (χ1v) is 10.6. The van der Waals surface area contributed by atoms with Gasteiger partial charge in [0, 0.05) is 12.3 Å². The second kappa shape index (κ2) is 10.8. The Morgan fingerprint density at radius 2 is 1.81 bits per heavy atom. The normalized spacial score (nSPS) is 13.8. The van der Waals surface area contributed by atoms with Crippen molar-refractivity contribution in [2.45, 2.75) is 12.8 Å². The zero-order valence-electron chi connectivity index (χ0n) is 17.3. The number of carbonyl (C=O) groups is 2. The second-order valence-electron chi connectivity index (χ2n) is 6.60. The van der Waals surface area contributed by atoms with Crippen LogP contribution in [-0.4, -0.2) is 55.0 Å². The molecule has 0 spiro atoms. The fourth-order valence-corrected chi connectivity index (χ4v) is 3.83. The number of benzene rings is 2. The van der Waals surface area contributed by atoms with Crippen molar-refractivity contribution in [1.29, 1.82) is 0 Å². The summed E-state index contributed by atoms with van der Waals surface area (Å²) >= 11 is 1.27. The molecule has 0 saturated carbocycles. The molecule has 2 aromatic rings. The molecular formula is C22H23FN2O5S. The van der Waals surface area contributed by atoms with Crippen molar-refractivity contribution in [2.24, 2.45) is 4.99 Å². The minimum absolute atomic E-state index is 0.234. The summed E-state index contributed by atoms with van der Waals surface area (Å²) in [7, 11) is 3.14. The summed E-state index contributed by atoms with van der Waals surface area (Å²) < 4.78 is 29.1. The number of hydrogen-bond donors (Lipinski definition) is 0. The van der Waals surface area contributed by atoms with Crippen LogP contribution < -0.4 is 14.2 Å². The number of aliphatic imine (C=N–C) groups is 1. The number of nitrogens with zero attached hydrogens (tertiary/aromatic N) is 2. The molecule has 1 aliphatic rings. The van der Waals surface area contributed by atoms with Crippen LogP contribution >= 0.6 is 11.8 Å². The third kappa shape index (κ3) is 6.21. The van der Waals surface area contributed by atoms with Crippen LogP contribution in [0.3, 0.4) is 0 Å². The summed E-state index contributed by atoms with van der Waals surface area (Å²) in [4.78, 5) is 29.8. The van der Waals surface area contributed by atoms with Crippen LogP contribution in [0, 0.1) is 5.82 Å². The Labute approximate surface area is 184 Å². The zero-order chi connectivity index (χ0) is 22.2. The molecule has 2 amide bonds. The van der Waals surface area contributed by atoms with Gasteiger partial charge in [-0.2, -0.15) is 4.99 Å². The Morgan fingerprint density at radius 1 is 1.06 bits per heavy atom. The van der Waals surface area contributed by atoms with Gasteiger partial charge in [-0.05, 0) is 48.4 Å². The van der Waals surface area contributed by atoms with Crippen molar-refractivity contribution in [2.75, 3.05) is 33.1 Å². The van der Waals surface area contributed by atoms with Crippen molar-refractivity contribution in [3.05, 3.63) is 53.8 Å². The van der Waals surface area contributed by atoms with Gasteiger partial charge < -0.3 is 14.2 Å². The number of halogens is 1. The minimum atomic E-state index is -0.450. The third-order valence-corrected chi connectivity index (χ3v) is 5.46. The molecule has 7 nitrogen and oxygen atoms in total. The molecule has 0 atom stereocenters. The van der Waals surface area contributed by atoms with E-state index < -0.39 is 5.91 Å². The van der Waals surface area contributed by atoms with Crippen LogP contribution in [0.1, 0.15) is 12.0 Å². The van der Waals surface area contributed by atoms with Crippen LogP contribution in [0.2, 0.25) is 0 Å². The van der Waals surface area contributed by atoms with Gasteiger partial charge in [-0.15, -0.1) is 0 Å². The standard InChI is InChI=1S/C22H23FN2O5S/c1-28-18-8-3-15(13-19(18)29-2)9-10-25-21(27)14-20(26)24-22(25)31-12-11-30-17-6-4-16(23)5-7-17/h3-8,13H,9-12,14H2,1-2H3. The van der Waals surface area contributed by atoms with E-state index in [2.05, 4.69) is 4.99 Å². The smallest absolute Gasteiger partial charge is 0.257 e. The summed E-state index contributed by atoms with van der Waals surface area (Å²) in [5.41, 5.74) is 0.964. The van der Waals surface area contributed by atoms with Gasteiger partial charge in [0.15, 0.2) is 16.7 Å². The van der Waals surface area contributed by atoms with E-state index in [9.17, 15) is 14.0 Å². The number of amidine groups is 1. The van der Waals surface area contributed by atoms with E-state index in [1.54, 1.807) is 26.4 Å². The summed E-state index contributed by atoms with van der Waals surface area (Å²) in [5.74, 6) is 1.21. The molecule has 31 heavy (non-hydrogen) atoms. The lowest BCUT2D eigenvalue weighted by molar-refractivity contribution is -0.133. The average Bonchev–Trinajstić information content (AvgIpc) is 2.77. The fraction of sp³-hybridized carbons (Fsp3) is 0.318. The minimum Gasteiger partial charge on any atom is -0.493 e. The first kappa shape index (κ1) is 22.6. The van der Waals surface area contributed by atoms with Crippen molar-refractivity contribution >= 4 is 28.7 Å². The number of methoxy groups -OCH3 is 2. The molecule has 0 aromatic heterocycles. The van der Waals surface area contributed by atoms with E-state index >= 15 is 0 Å². The fourth-order valence-electron chi connectivity index (χ4n) is 2.97. The Morgan fingerprint density at radius 3 is 2.52 bits per heavy atom. The highest BCUT2D eigenvalue weighted by molar-refractivity contribution is 8.13. The summed E-state index contributed by atoms with van der Waals surface area (Å²) in [6.07, 6.45) is 0.327. The molecule has 0 radical (unpaired) electrons. The van der Waals surface area contributed by atoms with Crippen LogP contribution in [0.4, 0.5) is 4.39 Å². The van der Waals surface area contributed by atoms with Crippen molar-refractivity contribution in [1.82, 2.24) is 4.90 Å². The van der Waals surface area contributed by atoms with Gasteiger partial charge in [0.1, 0.15) is 18.0 Å². The molecule has 0 unspecified atom stereocenters. The molecule has 3 rings (SSSR count). The van der Waals surface area contributed by atoms with E-state index in [1.807, 2.05) is 18.2 Å².